The summed E-state index contributed by atoms with van der Waals surface area (Å²) < 4.78 is 13.1. The summed E-state index contributed by atoms with van der Waals surface area (Å²) in [7, 11) is 1.73. The van der Waals surface area contributed by atoms with E-state index in [1.54, 1.807) is 30.5 Å². The number of hydrogen-bond donors (Lipinski definition) is 2. The van der Waals surface area contributed by atoms with Crippen molar-refractivity contribution in [1.82, 2.24) is 15.6 Å². The smallest absolute Gasteiger partial charge is 0.191 e. The van der Waals surface area contributed by atoms with E-state index in [0.717, 1.165) is 28.6 Å². The number of nitrogens with zero attached hydrogens (tertiary/aromatic N) is 2. The molecule has 2 rings (SSSR count). The van der Waals surface area contributed by atoms with Crippen molar-refractivity contribution >= 4 is 41.3 Å². The lowest BCUT2D eigenvalue weighted by molar-refractivity contribution is 0.625. The Kier molecular flexibility index (Phi) is 9.20. The number of aliphatic imine (C=N–C) groups is 1. The van der Waals surface area contributed by atoms with Gasteiger partial charge < -0.3 is 10.6 Å². The Hall–Kier alpha value is -1.22. The number of rotatable bonds is 6. The third-order valence-corrected chi connectivity index (χ3v) is 4.51. The highest BCUT2D eigenvalue weighted by atomic mass is 127. The molecule has 1 heterocycles. The fourth-order valence-corrected chi connectivity index (χ4v) is 2.92. The molecule has 2 aromatic rings. The van der Waals surface area contributed by atoms with Crippen LogP contribution in [-0.2, 0) is 13.0 Å². The van der Waals surface area contributed by atoms with Gasteiger partial charge in [-0.25, -0.2) is 9.37 Å². The minimum absolute atomic E-state index is 0. The molecule has 0 unspecified atom stereocenters. The van der Waals surface area contributed by atoms with Crippen molar-refractivity contribution < 1.29 is 4.39 Å². The van der Waals surface area contributed by atoms with E-state index < -0.39 is 0 Å². The van der Waals surface area contributed by atoms with E-state index in [1.807, 2.05) is 6.07 Å². The summed E-state index contributed by atoms with van der Waals surface area (Å²) in [5.74, 6) is 0.979. The number of aromatic nitrogens is 1. The molecule has 0 radical (unpaired) electrons. The number of hydrogen-bond acceptors (Lipinski definition) is 3. The van der Waals surface area contributed by atoms with Gasteiger partial charge in [0.05, 0.1) is 17.2 Å². The van der Waals surface area contributed by atoms with Crippen LogP contribution in [0.2, 0.25) is 0 Å². The minimum atomic E-state index is -0.200. The first-order valence-corrected chi connectivity index (χ1v) is 8.59. The van der Waals surface area contributed by atoms with Crippen molar-refractivity contribution in [3.8, 4) is 0 Å². The zero-order valence-electron chi connectivity index (χ0n) is 14.2. The van der Waals surface area contributed by atoms with E-state index in [-0.39, 0.29) is 29.8 Å². The Morgan fingerprint density at radius 3 is 2.75 bits per heavy atom. The van der Waals surface area contributed by atoms with Gasteiger partial charge in [0.15, 0.2) is 5.96 Å². The number of benzene rings is 1. The quantitative estimate of drug-likeness (QED) is 0.389. The molecule has 4 nitrogen and oxygen atoms in total. The van der Waals surface area contributed by atoms with Crippen LogP contribution in [0.3, 0.4) is 0 Å². The highest BCUT2D eigenvalue weighted by Gasteiger charge is 2.06. The first kappa shape index (κ1) is 20.8. The third-order valence-electron chi connectivity index (χ3n) is 3.32. The first-order valence-electron chi connectivity index (χ1n) is 7.71. The molecule has 0 saturated heterocycles. The van der Waals surface area contributed by atoms with Crippen molar-refractivity contribution in [2.45, 2.75) is 32.7 Å². The van der Waals surface area contributed by atoms with Crippen molar-refractivity contribution in [1.29, 1.82) is 0 Å². The third kappa shape index (κ3) is 6.72. The number of thiazole rings is 1. The van der Waals surface area contributed by atoms with Crippen LogP contribution >= 0.6 is 35.3 Å². The molecule has 0 aliphatic heterocycles. The van der Waals surface area contributed by atoms with Gasteiger partial charge in [-0.1, -0.05) is 26.0 Å². The largest absolute Gasteiger partial charge is 0.356 e. The van der Waals surface area contributed by atoms with Gasteiger partial charge in [0, 0.05) is 24.9 Å². The molecule has 0 atom stereocenters. The predicted octanol–water partition coefficient (Wildman–Crippen LogP) is 3.93. The van der Waals surface area contributed by atoms with Gasteiger partial charge in [-0.05, 0) is 24.1 Å². The lowest BCUT2D eigenvalue weighted by Crippen LogP contribution is -2.37. The fourth-order valence-electron chi connectivity index (χ4n) is 2.08. The maximum atomic E-state index is 13.1. The van der Waals surface area contributed by atoms with E-state index in [1.165, 1.54) is 6.07 Å². The average molecular weight is 462 g/mol. The van der Waals surface area contributed by atoms with E-state index in [9.17, 15) is 4.39 Å². The van der Waals surface area contributed by atoms with Gasteiger partial charge >= 0.3 is 0 Å². The van der Waals surface area contributed by atoms with Crippen LogP contribution in [0.15, 0.2) is 34.6 Å². The van der Waals surface area contributed by atoms with Crippen LogP contribution in [0.4, 0.5) is 4.39 Å². The van der Waals surface area contributed by atoms with Crippen LogP contribution in [0.1, 0.15) is 36.0 Å². The van der Waals surface area contributed by atoms with Crippen LogP contribution in [0, 0.1) is 5.82 Å². The molecule has 1 aromatic heterocycles. The lowest BCUT2D eigenvalue weighted by atomic mass is 10.1. The van der Waals surface area contributed by atoms with E-state index in [2.05, 4.69) is 39.8 Å². The van der Waals surface area contributed by atoms with Crippen molar-refractivity contribution in [2.24, 2.45) is 4.99 Å². The summed E-state index contributed by atoms with van der Waals surface area (Å²) in [6, 6.07) is 6.66. The fraction of sp³-hybridized carbons (Fsp3) is 0.412. The molecule has 0 amide bonds. The van der Waals surface area contributed by atoms with E-state index in [4.69, 9.17) is 0 Å². The molecule has 0 saturated carbocycles. The maximum Gasteiger partial charge on any atom is 0.191 e. The second kappa shape index (κ2) is 10.6. The summed E-state index contributed by atoms with van der Waals surface area (Å²) in [6.07, 6.45) is 0.743. The zero-order valence-corrected chi connectivity index (χ0v) is 17.3. The van der Waals surface area contributed by atoms with Gasteiger partial charge in [0.1, 0.15) is 5.82 Å². The van der Waals surface area contributed by atoms with Crippen molar-refractivity contribution in [2.75, 3.05) is 13.6 Å². The first-order chi connectivity index (χ1) is 11.1. The number of halogens is 2. The van der Waals surface area contributed by atoms with Gasteiger partial charge in [0.2, 0.25) is 0 Å². The maximum absolute atomic E-state index is 13.1. The monoisotopic (exact) mass is 462 g/mol. The summed E-state index contributed by atoms with van der Waals surface area (Å²) >= 11 is 1.69. The normalized spacial score (nSPS) is 11.3. The molecular formula is C17H24FIN4S. The van der Waals surface area contributed by atoms with Crippen LogP contribution in [-0.4, -0.2) is 24.5 Å². The van der Waals surface area contributed by atoms with Crippen LogP contribution < -0.4 is 10.6 Å². The van der Waals surface area contributed by atoms with Gasteiger partial charge in [-0.2, -0.15) is 0 Å². The highest BCUT2D eigenvalue weighted by Crippen LogP contribution is 2.18. The molecule has 0 aliphatic rings. The Morgan fingerprint density at radius 1 is 1.33 bits per heavy atom. The zero-order chi connectivity index (χ0) is 16.7. The SMILES string of the molecule is CN=C(NCCc1cccc(F)c1)NCc1csc(C(C)C)n1.I. The van der Waals surface area contributed by atoms with Gasteiger partial charge in [0.25, 0.3) is 0 Å². The molecule has 0 bridgehead atoms. The van der Waals surface area contributed by atoms with Crippen molar-refractivity contribution in [3.63, 3.8) is 0 Å². The molecule has 0 fully saturated rings. The molecular weight excluding hydrogens is 438 g/mol. The predicted molar refractivity (Wildman–Crippen MR) is 110 cm³/mol. The second-order valence-corrected chi connectivity index (χ2v) is 6.45. The summed E-state index contributed by atoms with van der Waals surface area (Å²) in [6.45, 7) is 5.62. The highest BCUT2D eigenvalue weighted by molar-refractivity contribution is 14.0. The standard InChI is InChI=1S/C17H23FN4S.HI/c1-12(2)16-22-15(11-23-16)10-21-17(19-3)20-8-7-13-5-4-6-14(18)9-13;/h4-6,9,11-12H,7-8,10H2,1-3H3,(H2,19,20,21);1H. The Balaban J connectivity index is 0.00000288. The van der Waals surface area contributed by atoms with Gasteiger partial charge in [-0.3, -0.25) is 4.99 Å². The topological polar surface area (TPSA) is 49.3 Å². The average Bonchev–Trinajstić information content (AvgIpc) is 3.00. The van der Waals surface area contributed by atoms with Crippen LogP contribution in [0.5, 0.6) is 0 Å². The van der Waals surface area contributed by atoms with E-state index >= 15 is 0 Å². The Bertz CT molecular complexity index is 658. The molecule has 7 heteroatoms. The lowest BCUT2D eigenvalue weighted by Gasteiger charge is -2.11. The van der Waals surface area contributed by atoms with E-state index in [0.29, 0.717) is 19.0 Å². The molecule has 132 valence electrons. The van der Waals surface area contributed by atoms with Crippen molar-refractivity contribution in [3.05, 3.63) is 51.7 Å². The van der Waals surface area contributed by atoms with Crippen LogP contribution in [0.25, 0.3) is 0 Å². The molecule has 2 N–H and O–H groups in total. The molecule has 0 spiro atoms. The molecule has 1 aromatic carbocycles. The second-order valence-electron chi connectivity index (χ2n) is 5.56. The van der Waals surface area contributed by atoms with Gasteiger partial charge in [-0.15, -0.1) is 35.3 Å². The molecule has 24 heavy (non-hydrogen) atoms. The summed E-state index contributed by atoms with van der Waals surface area (Å²) in [5, 5.41) is 9.69. The Morgan fingerprint density at radius 2 is 2.12 bits per heavy atom. The number of guanidine groups is 1. The Labute approximate surface area is 164 Å². The summed E-state index contributed by atoms with van der Waals surface area (Å²) in [5.41, 5.74) is 1.99. The summed E-state index contributed by atoms with van der Waals surface area (Å²) in [4.78, 5) is 8.77. The minimum Gasteiger partial charge on any atom is -0.356 e. The number of nitrogens with one attached hydrogen (secondary N) is 2. The molecule has 0 aliphatic carbocycles.